The zero-order chi connectivity index (χ0) is 14.8. The largest absolute Gasteiger partial charge is 0.354 e. The van der Waals surface area contributed by atoms with Crippen LogP contribution in [0.1, 0.15) is 19.8 Å². The fourth-order valence-electron chi connectivity index (χ4n) is 2.23. The van der Waals surface area contributed by atoms with Crippen molar-refractivity contribution in [2.75, 3.05) is 13.1 Å². The minimum atomic E-state index is -3.62. The van der Waals surface area contributed by atoms with E-state index in [0.717, 1.165) is 0 Å². The summed E-state index contributed by atoms with van der Waals surface area (Å²) in [6.45, 7) is 2.18. The number of halogens is 1. The van der Waals surface area contributed by atoms with E-state index in [1.807, 2.05) is 0 Å². The Morgan fingerprint density at radius 2 is 2.10 bits per heavy atom. The summed E-state index contributed by atoms with van der Waals surface area (Å²) in [5.74, 6) is -0.0957. The first-order valence-corrected chi connectivity index (χ1v) is 8.11. The van der Waals surface area contributed by atoms with Crippen molar-refractivity contribution < 1.29 is 13.2 Å². The number of hydrogen-bond donors (Lipinski definition) is 1. The van der Waals surface area contributed by atoms with Gasteiger partial charge in [-0.15, -0.1) is 0 Å². The Bertz CT molecular complexity index is 598. The third-order valence-corrected chi connectivity index (χ3v) is 5.55. The molecular weight excluding hydrogens is 302 g/mol. The molecule has 1 saturated heterocycles. The second kappa shape index (κ2) is 6.07. The van der Waals surface area contributed by atoms with Crippen molar-refractivity contribution in [1.29, 1.82) is 0 Å². The zero-order valence-electron chi connectivity index (χ0n) is 11.0. The van der Waals surface area contributed by atoms with Gasteiger partial charge in [0.05, 0.1) is 0 Å². The molecule has 0 aliphatic carbocycles. The average Bonchev–Trinajstić information content (AvgIpc) is 2.39. The van der Waals surface area contributed by atoms with E-state index in [1.165, 1.54) is 23.5 Å². The highest BCUT2D eigenvalue weighted by molar-refractivity contribution is 7.89. The monoisotopic (exact) mass is 317 g/mol. The number of amides is 1. The number of nitrogens with one attached hydrogen (secondary N) is 1. The summed E-state index contributed by atoms with van der Waals surface area (Å²) < 4.78 is 26.3. The van der Waals surface area contributed by atoms with Crippen LogP contribution in [0, 0.1) is 0 Å². The molecule has 2 rings (SSSR count). The molecule has 1 amide bonds. The maximum absolute atomic E-state index is 12.5. The van der Waals surface area contributed by atoms with Gasteiger partial charge in [-0.05, 0) is 25.0 Å². The molecule has 0 saturated carbocycles. The Kier molecular flexibility index (Phi) is 4.62. The summed E-state index contributed by atoms with van der Waals surface area (Å²) in [5.41, 5.74) is 0. The number of carbonyl (C=O) groups excluding carboxylic acids is 1. The van der Waals surface area contributed by atoms with Crippen LogP contribution in [-0.4, -0.2) is 42.7 Å². The number of pyridine rings is 1. The van der Waals surface area contributed by atoms with Crippen molar-refractivity contribution in [3.05, 3.63) is 23.5 Å². The van der Waals surface area contributed by atoms with Gasteiger partial charge >= 0.3 is 0 Å². The van der Waals surface area contributed by atoms with Crippen LogP contribution in [0.4, 0.5) is 0 Å². The van der Waals surface area contributed by atoms with Gasteiger partial charge in [-0.2, -0.15) is 4.31 Å². The second-order valence-corrected chi connectivity index (χ2v) is 6.94. The predicted molar refractivity (Wildman–Crippen MR) is 74.8 cm³/mol. The van der Waals surface area contributed by atoms with Crippen molar-refractivity contribution in [3.8, 4) is 0 Å². The number of rotatable bonds is 3. The first-order valence-electron chi connectivity index (χ1n) is 6.29. The van der Waals surface area contributed by atoms with E-state index in [4.69, 9.17) is 11.6 Å². The van der Waals surface area contributed by atoms with Gasteiger partial charge in [0.15, 0.2) is 0 Å². The first-order chi connectivity index (χ1) is 9.41. The van der Waals surface area contributed by atoms with E-state index in [9.17, 15) is 13.2 Å². The molecule has 2 heterocycles. The molecule has 1 N–H and O–H groups in total. The summed E-state index contributed by atoms with van der Waals surface area (Å²) in [6.07, 6.45) is 2.64. The first kappa shape index (κ1) is 15.2. The van der Waals surface area contributed by atoms with Gasteiger partial charge in [0.2, 0.25) is 15.9 Å². The summed E-state index contributed by atoms with van der Waals surface area (Å²) in [7, 11) is -3.62. The molecule has 20 heavy (non-hydrogen) atoms. The minimum Gasteiger partial charge on any atom is -0.354 e. The predicted octanol–water partition coefficient (Wildman–Crippen LogP) is 1.02. The van der Waals surface area contributed by atoms with Crippen molar-refractivity contribution in [3.63, 3.8) is 0 Å². The summed E-state index contributed by atoms with van der Waals surface area (Å²) >= 11 is 5.85. The highest BCUT2D eigenvalue weighted by atomic mass is 35.5. The lowest BCUT2D eigenvalue weighted by molar-refractivity contribution is -0.119. The third-order valence-electron chi connectivity index (χ3n) is 3.20. The average molecular weight is 318 g/mol. The maximum Gasteiger partial charge on any atom is 0.246 e. The molecule has 0 atom stereocenters. The van der Waals surface area contributed by atoms with Crippen LogP contribution in [-0.2, 0) is 14.8 Å². The fourth-order valence-corrected chi connectivity index (χ4v) is 4.13. The molecule has 1 aliphatic heterocycles. The van der Waals surface area contributed by atoms with Gasteiger partial charge in [-0.3, -0.25) is 4.79 Å². The van der Waals surface area contributed by atoms with Gasteiger partial charge in [-0.1, -0.05) is 11.6 Å². The molecule has 0 unspecified atom stereocenters. The van der Waals surface area contributed by atoms with Crippen molar-refractivity contribution in [1.82, 2.24) is 14.6 Å². The zero-order valence-corrected chi connectivity index (χ0v) is 12.6. The quantitative estimate of drug-likeness (QED) is 0.844. The molecule has 110 valence electrons. The summed E-state index contributed by atoms with van der Waals surface area (Å²) in [6, 6.07) is 3.02. The Balaban J connectivity index is 2.10. The Labute approximate surface area is 123 Å². The molecule has 0 radical (unpaired) electrons. The van der Waals surface area contributed by atoms with E-state index < -0.39 is 10.0 Å². The number of sulfonamides is 1. The molecule has 1 aromatic rings. The van der Waals surface area contributed by atoms with Crippen LogP contribution >= 0.6 is 11.6 Å². The van der Waals surface area contributed by atoms with Crippen LogP contribution in [0.2, 0.25) is 5.15 Å². The molecular formula is C12H16ClN3O3S. The maximum atomic E-state index is 12.5. The van der Waals surface area contributed by atoms with Crippen molar-refractivity contribution in [2.24, 2.45) is 0 Å². The number of carbonyl (C=O) groups is 1. The lowest BCUT2D eigenvalue weighted by Crippen LogP contribution is -2.46. The molecule has 8 heteroatoms. The van der Waals surface area contributed by atoms with E-state index in [1.54, 1.807) is 6.07 Å². The topological polar surface area (TPSA) is 79.4 Å². The highest BCUT2D eigenvalue weighted by Crippen LogP contribution is 2.24. The van der Waals surface area contributed by atoms with E-state index in [2.05, 4.69) is 10.3 Å². The fraction of sp³-hybridized carbons (Fsp3) is 0.500. The minimum absolute atomic E-state index is 0.0171. The van der Waals surface area contributed by atoms with Gasteiger partial charge in [0.25, 0.3) is 0 Å². The highest BCUT2D eigenvalue weighted by Gasteiger charge is 2.31. The molecule has 6 nitrogen and oxygen atoms in total. The van der Waals surface area contributed by atoms with Gasteiger partial charge in [0.1, 0.15) is 10.0 Å². The van der Waals surface area contributed by atoms with Crippen LogP contribution in [0.3, 0.4) is 0 Å². The smallest absolute Gasteiger partial charge is 0.246 e. The van der Waals surface area contributed by atoms with E-state index in [-0.39, 0.29) is 22.0 Å². The normalized spacial score (nSPS) is 17.9. The summed E-state index contributed by atoms with van der Waals surface area (Å²) in [5, 5.41) is 2.79. The summed E-state index contributed by atoms with van der Waals surface area (Å²) in [4.78, 5) is 14.8. The SMILES string of the molecule is CC(=O)NC1CCN(S(=O)(=O)c2cccnc2Cl)CC1. The van der Waals surface area contributed by atoms with Crippen LogP contribution in [0.15, 0.2) is 23.2 Å². The van der Waals surface area contributed by atoms with E-state index in [0.29, 0.717) is 25.9 Å². The molecule has 1 fully saturated rings. The molecule has 0 aromatic carbocycles. The van der Waals surface area contributed by atoms with Gasteiger partial charge < -0.3 is 5.32 Å². The Morgan fingerprint density at radius 1 is 1.45 bits per heavy atom. The van der Waals surface area contributed by atoms with Crippen molar-refractivity contribution in [2.45, 2.75) is 30.7 Å². The second-order valence-electron chi connectivity index (χ2n) is 4.67. The molecule has 1 aliphatic rings. The van der Waals surface area contributed by atoms with Crippen LogP contribution < -0.4 is 5.32 Å². The number of nitrogens with zero attached hydrogens (tertiary/aromatic N) is 2. The lowest BCUT2D eigenvalue weighted by atomic mass is 10.1. The third kappa shape index (κ3) is 3.28. The standard InChI is InChI=1S/C12H16ClN3O3S/c1-9(17)15-10-4-7-16(8-5-10)20(18,19)11-3-2-6-14-12(11)13/h2-3,6,10H,4-5,7-8H2,1H3,(H,15,17). The van der Waals surface area contributed by atoms with Crippen LogP contribution in [0.25, 0.3) is 0 Å². The van der Waals surface area contributed by atoms with Crippen molar-refractivity contribution >= 4 is 27.5 Å². The molecule has 1 aromatic heterocycles. The van der Waals surface area contributed by atoms with Gasteiger partial charge in [-0.25, -0.2) is 13.4 Å². The van der Waals surface area contributed by atoms with Crippen LogP contribution in [0.5, 0.6) is 0 Å². The Morgan fingerprint density at radius 3 is 2.65 bits per heavy atom. The number of piperidine rings is 1. The lowest BCUT2D eigenvalue weighted by Gasteiger charge is -2.31. The number of hydrogen-bond acceptors (Lipinski definition) is 4. The Hall–Kier alpha value is -1.18. The molecule has 0 spiro atoms. The molecule has 0 bridgehead atoms. The van der Waals surface area contributed by atoms with E-state index >= 15 is 0 Å². The van der Waals surface area contributed by atoms with Gasteiger partial charge in [0, 0.05) is 32.3 Å². The number of aromatic nitrogens is 1.